The Labute approximate surface area is 123 Å². The minimum Gasteiger partial charge on any atom is -0.313 e. The lowest BCUT2D eigenvalue weighted by molar-refractivity contribution is 0.594. The summed E-state index contributed by atoms with van der Waals surface area (Å²) < 4.78 is 14.2. The first kappa shape index (κ1) is 13.7. The maximum Gasteiger partial charge on any atom is 0.128 e. The van der Waals surface area contributed by atoms with Crippen LogP contribution < -0.4 is 5.32 Å². The first-order valence-corrected chi connectivity index (χ1v) is 7.13. The summed E-state index contributed by atoms with van der Waals surface area (Å²) in [6.45, 7) is 3.39. The highest BCUT2D eigenvalue weighted by atomic mass is 19.1. The Morgan fingerprint density at radius 2 is 2.00 bits per heavy atom. The molecule has 0 radical (unpaired) electrons. The molecule has 0 unspecified atom stereocenters. The van der Waals surface area contributed by atoms with Gasteiger partial charge >= 0.3 is 0 Å². The van der Waals surface area contributed by atoms with Crippen molar-refractivity contribution in [3.05, 3.63) is 66.1 Å². The molecule has 21 heavy (non-hydrogen) atoms. The molecule has 3 aromatic rings. The lowest BCUT2D eigenvalue weighted by Gasteiger charge is -2.09. The number of nitrogens with zero attached hydrogens (tertiary/aromatic N) is 1. The van der Waals surface area contributed by atoms with Gasteiger partial charge in [-0.15, -0.1) is 0 Å². The van der Waals surface area contributed by atoms with Gasteiger partial charge < -0.3 is 5.32 Å². The summed E-state index contributed by atoms with van der Waals surface area (Å²) in [5.41, 5.74) is 3.51. The minimum atomic E-state index is -0.172. The van der Waals surface area contributed by atoms with E-state index in [1.54, 1.807) is 12.3 Å². The van der Waals surface area contributed by atoms with E-state index in [-0.39, 0.29) is 5.82 Å². The van der Waals surface area contributed by atoms with Crippen LogP contribution in [0.4, 0.5) is 4.39 Å². The number of hydrogen-bond acceptors (Lipinski definition) is 2. The van der Waals surface area contributed by atoms with Gasteiger partial charge in [-0.05, 0) is 35.9 Å². The maximum atomic E-state index is 14.2. The zero-order chi connectivity index (χ0) is 14.7. The molecule has 0 bridgehead atoms. The summed E-state index contributed by atoms with van der Waals surface area (Å²) in [5.74, 6) is -0.172. The molecular weight excluding hydrogens is 263 g/mol. The van der Waals surface area contributed by atoms with Gasteiger partial charge in [0.2, 0.25) is 0 Å². The molecule has 1 N–H and O–H groups in total. The Bertz CT molecular complexity index is 763. The zero-order valence-electron chi connectivity index (χ0n) is 11.9. The van der Waals surface area contributed by atoms with Gasteiger partial charge in [-0.3, -0.25) is 4.98 Å². The number of halogens is 1. The largest absolute Gasteiger partial charge is 0.313 e. The quantitative estimate of drug-likeness (QED) is 0.776. The summed E-state index contributed by atoms with van der Waals surface area (Å²) in [7, 11) is 0. The van der Waals surface area contributed by atoms with Crippen molar-refractivity contribution in [1.29, 1.82) is 0 Å². The van der Waals surface area contributed by atoms with Crippen molar-refractivity contribution in [2.24, 2.45) is 0 Å². The molecule has 1 heterocycles. The normalized spacial score (nSPS) is 11.0. The van der Waals surface area contributed by atoms with E-state index in [1.165, 1.54) is 0 Å². The summed E-state index contributed by atoms with van der Waals surface area (Å²) in [6.07, 6.45) is 1.77. The van der Waals surface area contributed by atoms with Crippen LogP contribution in [0.25, 0.3) is 22.0 Å². The lowest BCUT2D eigenvalue weighted by atomic mass is 9.99. The molecule has 0 aliphatic rings. The summed E-state index contributed by atoms with van der Waals surface area (Å²) >= 11 is 0. The zero-order valence-corrected chi connectivity index (χ0v) is 11.9. The van der Waals surface area contributed by atoms with Gasteiger partial charge in [-0.25, -0.2) is 4.39 Å². The smallest absolute Gasteiger partial charge is 0.128 e. The van der Waals surface area contributed by atoms with Crippen LogP contribution in [0.2, 0.25) is 0 Å². The van der Waals surface area contributed by atoms with Crippen molar-refractivity contribution < 1.29 is 4.39 Å². The monoisotopic (exact) mass is 280 g/mol. The van der Waals surface area contributed by atoms with Crippen molar-refractivity contribution >= 4 is 10.9 Å². The van der Waals surface area contributed by atoms with Gasteiger partial charge in [0.25, 0.3) is 0 Å². The van der Waals surface area contributed by atoms with E-state index in [1.807, 2.05) is 49.4 Å². The molecule has 0 fully saturated rings. The number of fused-ring (bicyclic) bond motifs is 1. The second kappa shape index (κ2) is 6.02. The van der Waals surface area contributed by atoms with Crippen molar-refractivity contribution in [2.75, 3.05) is 6.54 Å². The number of benzene rings is 2. The van der Waals surface area contributed by atoms with Crippen LogP contribution in [-0.2, 0) is 6.54 Å². The predicted molar refractivity (Wildman–Crippen MR) is 84.5 cm³/mol. The number of aromatic nitrogens is 1. The van der Waals surface area contributed by atoms with Crippen molar-refractivity contribution in [3.63, 3.8) is 0 Å². The molecule has 0 saturated heterocycles. The van der Waals surface area contributed by atoms with Gasteiger partial charge in [0.05, 0.1) is 5.52 Å². The van der Waals surface area contributed by atoms with Crippen molar-refractivity contribution in [3.8, 4) is 11.1 Å². The molecule has 106 valence electrons. The Morgan fingerprint density at radius 1 is 1.10 bits per heavy atom. The highest BCUT2D eigenvalue weighted by Gasteiger charge is 2.07. The molecule has 0 aliphatic carbocycles. The molecule has 2 nitrogen and oxygen atoms in total. The van der Waals surface area contributed by atoms with E-state index >= 15 is 0 Å². The fourth-order valence-electron chi connectivity index (χ4n) is 2.47. The van der Waals surface area contributed by atoms with Crippen LogP contribution in [-0.4, -0.2) is 11.5 Å². The molecule has 0 saturated carbocycles. The van der Waals surface area contributed by atoms with Crippen LogP contribution in [0.5, 0.6) is 0 Å². The number of rotatable bonds is 4. The molecule has 3 rings (SSSR count). The average Bonchev–Trinajstić information content (AvgIpc) is 2.53. The second-order valence-corrected chi connectivity index (χ2v) is 4.96. The van der Waals surface area contributed by atoms with Crippen molar-refractivity contribution in [1.82, 2.24) is 10.3 Å². The highest BCUT2D eigenvalue weighted by Crippen LogP contribution is 2.28. The third-order valence-corrected chi connectivity index (χ3v) is 3.58. The van der Waals surface area contributed by atoms with E-state index < -0.39 is 0 Å². The SMILES string of the molecule is CCNCc1ccc(-c2cccc3ncccc23)cc1F. The standard InChI is InChI=1S/C18H17FN2/c1-2-20-12-14-9-8-13(11-17(14)19)15-5-3-7-18-16(15)6-4-10-21-18/h3-11,20H,2,12H2,1H3. The first-order chi connectivity index (χ1) is 10.3. The van der Waals surface area contributed by atoms with Gasteiger partial charge in [0.15, 0.2) is 0 Å². The number of pyridine rings is 1. The first-order valence-electron chi connectivity index (χ1n) is 7.13. The third-order valence-electron chi connectivity index (χ3n) is 3.58. The van der Waals surface area contributed by atoms with E-state index in [0.717, 1.165) is 28.6 Å². The Balaban J connectivity index is 2.05. The van der Waals surface area contributed by atoms with Crippen LogP contribution in [0.15, 0.2) is 54.7 Å². The fraction of sp³-hybridized carbons (Fsp3) is 0.167. The molecule has 0 atom stereocenters. The highest BCUT2D eigenvalue weighted by molar-refractivity contribution is 5.94. The Morgan fingerprint density at radius 3 is 2.81 bits per heavy atom. The van der Waals surface area contributed by atoms with E-state index in [2.05, 4.69) is 10.3 Å². The van der Waals surface area contributed by atoms with E-state index in [4.69, 9.17) is 0 Å². The maximum absolute atomic E-state index is 14.2. The third kappa shape index (κ3) is 2.78. The minimum absolute atomic E-state index is 0.172. The molecule has 1 aromatic heterocycles. The number of hydrogen-bond donors (Lipinski definition) is 1. The van der Waals surface area contributed by atoms with Crippen LogP contribution in [0.1, 0.15) is 12.5 Å². The van der Waals surface area contributed by atoms with Crippen LogP contribution in [0.3, 0.4) is 0 Å². The molecule has 2 aromatic carbocycles. The fourth-order valence-corrected chi connectivity index (χ4v) is 2.47. The van der Waals surface area contributed by atoms with Gasteiger partial charge in [0.1, 0.15) is 5.82 Å². The van der Waals surface area contributed by atoms with E-state index in [9.17, 15) is 4.39 Å². The van der Waals surface area contributed by atoms with E-state index in [0.29, 0.717) is 12.1 Å². The Kier molecular flexibility index (Phi) is 3.93. The van der Waals surface area contributed by atoms with Crippen LogP contribution in [0, 0.1) is 5.82 Å². The molecule has 0 spiro atoms. The van der Waals surface area contributed by atoms with Gasteiger partial charge in [-0.2, -0.15) is 0 Å². The predicted octanol–water partition coefficient (Wildman–Crippen LogP) is 4.15. The molecular formula is C18H17FN2. The molecule has 0 aliphatic heterocycles. The lowest BCUT2D eigenvalue weighted by Crippen LogP contribution is -2.12. The topological polar surface area (TPSA) is 24.9 Å². The van der Waals surface area contributed by atoms with Gasteiger partial charge in [-0.1, -0.05) is 37.3 Å². The van der Waals surface area contributed by atoms with Crippen molar-refractivity contribution in [2.45, 2.75) is 13.5 Å². The summed E-state index contributed by atoms with van der Waals surface area (Å²) in [6, 6.07) is 15.3. The summed E-state index contributed by atoms with van der Waals surface area (Å²) in [5, 5.41) is 4.18. The summed E-state index contributed by atoms with van der Waals surface area (Å²) in [4.78, 5) is 4.34. The second-order valence-electron chi connectivity index (χ2n) is 4.96. The Hall–Kier alpha value is -2.26. The molecule has 3 heteroatoms. The van der Waals surface area contributed by atoms with Crippen LogP contribution >= 0.6 is 0 Å². The van der Waals surface area contributed by atoms with Gasteiger partial charge in [0, 0.05) is 23.7 Å². The molecule has 0 amide bonds. The number of nitrogens with one attached hydrogen (secondary N) is 1. The average molecular weight is 280 g/mol.